The molecule has 8 nitrogen and oxygen atoms in total. The minimum absolute atomic E-state index is 0.123. The van der Waals surface area contributed by atoms with E-state index in [0.29, 0.717) is 38.3 Å². The van der Waals surface area contributed by atoms with Gasteiger partial charge in [-0.3, -0.25) is 4.79 Å². The summed E-state index contributed by atoms with van der Waals surface area (Å²) in [6.07, 6.45) is 5.88. The first-order chi connectivity index (χ1) is 15.1. The average Bonchev–Trinajstić information content (AvgIpc) is 3.31. The zero-order chi connectivity index (χ0) is 23.1. The molecule has 2 fully saturated rings. The Balaban J connectivity index is 1.39. The Morgan fingerprint density at radius 3 is 2.41 bits per heavy atom. The molecule has 2 aliphatic rings. The van der Waals surface area contributed by atoms with E-state index in [4.69, 9.17) is 4.74 Å². The maximum absolute atomic E-state index is 13.4. The number of pyridine rings is 1. The van der Waals surface area contributed by atoms with E-state index in [0.717, 1.165) is 18.2 Å². The largest absolute Gasteiger partial charge is 0.444 e. The minimum atomic E-state index is -0.531. The number of carbonyl (C=O) groups excluding carboxylic acids is 2. The summed E-state index contributed by atoms with van der Waals surface area (Å²) in [5.41, 5.74) is -0.0262. The lowest BCUT2D eigenvalue weighted by Crippen LogP contribution is -2.48. The predicted octanol–water partition coefficient (Wildman–Crippen LogP) is 3.72. The third-order valence-electron chi connectivity index (χ3n) is 6.42. The highest BCUT2D eigenvalue weighted by Crippen LogP contribution is 2.44. The number of nitrogens with zero attached hydrogens (tertiary/aromatic N) is 5. The van der Waals surface area contributed by atoms with Crippen molar-refractivity contribution >= 4 is 12.0 Å². The molecular formula is C23H30FN5O3. The molecule has 0 radical (unpaired) electrons. The summed E-state index contributed by atoms with van der Waals surface area (Å²) in [5.74, 6) is 0.241. The van der Waals surface area contributed by atoms with E-state index in [1.807, 2.05) is 38.7 Å². The van der Waals surface area contributed by atoms with Gasteiger partial charge in [-0.1, -0.05) is 6.07 Å². The van der Waals surface area contributed by atoms with Gasteiger partial charge in [0.15, 0.2) is 11.6 Å². The van der Waals surface area contributed by atoms with Crippen LogP contribution in [0.2, 0.25) is 0 Å². The smallest absolute Gasteiger partial charge is 0.410 e. The molecule has 0 aliphatic carbocycles. The van der Waals surface area contributed by atoms with Crippen LogP contribution in [0.5, 0.6) is 0 Å². The first kappa shape index (κ1) is 22.2. The molecule has 2 aromatic heterocycles. The van der Waals surface area contributed by atoms with Crippen molar-refractivity contribution in [3.8, 4) is 5.82 Å². The Morgan fingerprint density at radius 1 is 1.16 bits per heavy atom. The van der Waals surface area contributed by atoms with Crippen molar-refractivity contribution in [2.75, 3.05) is 19.6 Å². The summed E-state index contributed by atoms with van der Waals surface area (Å²) >= 11 is 0. The molecule has 0 saturated carbocycles. The van der Waals surface area contributed by atoms with Gasteiger partial charge in [0.2, 0.25) is 5.91 Å². The van der Waals surface area contributed by atoms with Crippen LogP contribution >= 0.6 is 0 Å². The molecule has 4 heterocycles. The fourth-order valence-corrected chi connectivity index (χ4v) is 4.51. The highest BCUT2D eigenvalue weighted by Gasteiger charge is 2.50. The topological polar surface area (TPSA) is 80.6 Å². The highest BCUT2D eigenvalue weighted by molar-refractivity contribution is 5.85. The summed E-state index contributed by atoms with van der Waals surface area (Å²) in [4.78, 5) is 33.8. The van der Waals surface area contributed by atoms with Gasteiger partial charge in [0, 0.05) is 25.8 Å². The summed E-state index contributed by atoms with van der Waals surface area (Å²) in [6, 6.07) is 3.55. The predicted molar refractivity (Wildman–Crippen MR) is 116 cm³/mol. The number of likely N-dealkylation sites (tertiary alicyclic amines) is 2. The van der Waals surface area contributed by atoms with Crippen molar-refractivity contribution in [2.24, 2.45) is 5.41 Å². The first-order valence-electron chi connectivity index (χ1n) is 11.0. The lowest BCUT2D eigenvalue weighted by molar-refractivity contribution is -0.140. The molecule has 4 rings (SSSR count). The standard InChI is InChI=1S/C23H30FN5O3/c1-16(17-5-6-19(25-13-17)29-15-18(24)14-26-29)28-12-9-23(20(28)30)7-10-27(11-8-23)21(31)32-22(2,3)4/h5-6,13-16H,7-12H2,1-4H3/t16-/m0/s1. The molecule has 172 valence electrons. The van der Waals surface area contributed by atoms with E-state index >= 15 is 0 Å². The maximum atomic E-state index is 13.4. The number of aromatic nitrogens is 3. The second-order valence-electron chi connectivity index (χ2n) is 9.73. The fourth-order valence-electron chi connectivity index (χ4n) is 4.51. The van der Waals surface area contributed by atoms with Gasteiger partial charge >= 0.3 is 6.09 Å². The van der Waals surface area contributed by atoms with Crippen molar-refractivity contribution in [2.45, 2.75) is 58.6 Å². The highest BCUT2D eigenvalue weighted by atomic mass is 19.1. The van der Waals surface area contributed by atoms with Gasteiger partial charge in [0.25, 0.3) is 0 Å². The van der Waals surface area contributed by atoms with E-state index in [9.17, 15) is 14.0 Å². The molecule has 1 atom stereocenters. The first-order valence-corrected chi connectivity index (χ1v) is 11.0. The lowest BCUT2D eigenvalue weighted by atomic mass is 9.77. The molecule has 1 spiro atoms. The summed E-state index contributed by atoms with van der Waals surface area (Å²) in [6.45, 7) is 9.29. The summed E-state index contributed by atoms with van der Waals surface area (Å²) < 4.78 is 20.0. The molecular weight excluding hydrogens is 413 g/mol. The Kier molecular flexibility index (Phi) is 5.68. The van der Waals surface area contributed by atoms with E-state index in [1.54, 1.807) is 17.2 Å². The van der Waals surface area contributed by atoms with Crippen molar-refractivity contribution in [3.63, 3.8) is 0 Å². The van der Waals surface area contributed by atoms with Gasteiger partial charge in [-0.15, -0.1) is 0 Å². The second-order valence-corrected chi connectivity index (χ2v) is 9.73. The van der Waals surface area contributed by atoms with Crippen molar-refractivity contribution in [1.29, 1.82) is 0 Å². The van der Waals surface area contributed by atoms with Crippen LogP contribution in [-0.2, 0) is 9.53 Å². The van der Waals surface area contributed by atoms with Crippen molar-refractivity contribution in [3.05, 3.63) is 42.1 Å². The van der Waals surface area contributed by atoms with E-state index < -0.39 is 16.8 Å². The SMILES string of the molecule is C[C@@H](c1ccc(-n2cc(F)cn2)nc1)N1CCC2(CCN(C(=O)OC(C)(C)C)CC2)C1=O. The third-order valence-corrected chi connectivity index (χ3v) is 6.42. The van der Waals surface area contributed by atoms with Gasteiger partial charge in [-0.25, -0.2) is 18.9 Å². The van der Waals surface area contributed by atoms with Crippen molar-refractivity contribution < 1.29 is 18.7 Å². The van der Waals surface area contributed by atoms with E-state index in [2.05, 4.69) is 10.1 Å². The summed E-state index contributed by atoms with van der Waals surface area (Å²) in [5, 5.41) is 3.92. The number of carbonyl (C=O) groups is 2. The molecule has 0 unspecified atom stereocenters. The number of amides is 2. The Bertz CT molecular complexity index is 990. The van der Waals surface area contributed by atoms with Crippen LogP contribution in [-0.4, -0.2) is 61.8 Å². The molecule has 0 bridgehead atoms. The van der Waals surface area contributed by atoms with E-state index in [-0.39, 0.29) is 18.0 Å². The number of hydrogen-bond donors (Lipinski definition) is 0. The van der Waals surface area contributed by atoms with Gasteiger partial charge in [-0.2, -0.15) is 5.10 Å². The number of hydrogen-bond acceptors (Lipinski definition) is 5. The van der Waals surface area contributed by atoms with Crippen LogP contribution in [0.4, 0.5) is 9.18 Å². The van der Waals surface area contributed by atoms with Crippen LogP contribution in [0, 0.1) is 11.2 Å². The number of rotatable bonds is 3. The average molecular weight is 444 g/mol. The van der Waals surface area contributed by atoms with Crippen LogP contribution in [0.1, 0.15) is 58.6 Å². The number of halogens is 1. The molecule has 2 amide bonds. The van der Waals surface area contributed by atoms with Crippen LogP contribution in [0.3, 0.4) is 0 Å². The molecule has 2 aromatic rings. The Hall–Kier alpha value is -2.97. The molecule has 2 saturated heterocycles. The number of piperidine rings is 1. The second kappa shape index (κ2) is 8.18. The Labute approximate surface area is 187 Å². The van der Waals surface area contributed by atoms with Gasteiger partial charge in [0.05, 0.1) is 23.9 Å². The monoisotopic (exact) mass is 443 g/mol. The Morgan fingerprint density at radius 2 is 1.84 bits per heavy atom. The minimum Gasteiger partial charge on any atom is -0.444 e. The molecule has 0 aromatic carbocycles. The fraction of sp³-hybridized carbons (Fsp3) is 0.565. The quantitative estimate of drug-likeness (QED) is 0.722. The van der Waals surface area contributed by atoms with Crippen LogP contribution in [0.15, 0.2) is 30.7 Å². The lowest BCUT2D eigenvalue weighted by Gasteiger charge is -2.38. The maximum Gasteiger partial charge on any atom is 0.410 e. The van der Waals surface area contributed by atoms with Gasteiger partial charge < -0.3 is 14.5 Å². The van der Waals surface area contributed by atoms with Gasteiger partial charge in [-0.05, 0) is 58.6 Å². The van der Waals surface area contributed by atoms with Crippen molar-refractivity contribution in [1.82, 2.24) is 24.6 Å². The summed E-state index contributed by atoms with van der Waals surface area (Å²) in [7, 11) is 0. The zero-order valence-corrected chi connectivity index (χ0v) is 19.0. The molecule has 9 heteroatoms. The van der Waals surface area contributed by atoms with Crippen LogP contribution < -0.4 is 0 Å². The normalized spacial score (nSPS) is 19.5. The molecule has 0 N–H and O–H groups in total. The zero-order valence-electron chi connectivity index (χ0n) is 19.0. The van der Waals surface area contributed by atoms with Crippen LogP contribution in [0.25, 0.3) is 5.82 Å². The number of ether oxygens (including phenoxy) is 1. The third kappa shape index (κ3) is 4.33. The molecule has 2 aliphatic heterocycles. The van der Waals surface area contributed by atoms with Gasteiger partial charge in [0.1, 0.15) is 5.60 Å². The molecule has 32 heavy (non-hydrogen) atoms. The van der Waals surface area contributed by atoms with E-state index in [1.165, 1.54) is 10.9 Å².